The Hall–Kier alpha value is -1.33. The first-order valence-corrected chi connectivity index (χ1v) is 6.02. The summed E-state index contributed by atoms with van der Waals surface area (Å²) in [4.78, 5) is 6.46. The summed E-state index contributed by atoms with van der Waals surface area (Å²) in [6, 6.07) is 3.89. The fourth-order valence-corrected chi connectivity index (χ4v) is 2.46. The van der Waals surface area contributed by atoms with E-state index in [2.05, 4.69) is 15.0 Å². The molecule has 0 unspecified atom stereocenters. The van der Waals surface area contributed by atoms with E-state index in [9.17, 15) is 0 Å². The van der Waals surface area contributed by atoms with Crippen molar-refractivity contribution in [2.75, 3.05) is 24.6 Å². The van der Waals surface area contributed by atoms with Crippen molar-refractivity contribution in [3.63, 3.8) is 0 Å². The number of aliphatic hydroxyl groups excluding tert-OH is 1. The number of aliphatic hydroxyl groups is 1. The third-order valence-corrected chi connectivity index (χ3v) is 3.35. The van der Waals surface area contributed by atoms with Gasteiger partial charge in [-0.05, 0) is 30.2 Å². The van der Waals surface area contributed by atoms with Crippen molar-refractivity contribution in [1.29, 1.82) is 0 Å². The predicted molar refractivity (Wildman–Crippen MR) is 65.4 cm³/mol. The summed E-state index contributed by atoms with van der Waals surface area (Å²) in [7, 11) is 0. The first-order chi connectivity index (χ1) is 8.28. The minimum Gasteiger partial charge on any atom is -0.396 e. The number of hydrogen-bond donors (Lipinski definition) is 1. The van der Waals surface area contributed by atoms with Gasteiger partial charge < -0.3 is 10.0 Å². The molecule has 3 rings (SSSR count). The van der Waals surface area contributed by atoms with Crippen LogP contribution in [0.1, 0.15) is 6.42 Å². The lowest BCUT2D eigenvalue weighted by molar-refractivity contribution is 0.238. The maximum absolute atomic E-state index is 9.17. The standard InChI is InChI=1S/C11H13ClN4O/c12-11-13-10(9-2-1-4-16(9)14-11)15-5-3-8(6-15)7-17/h1-2,4,8,17H,3,5-7H2/t8-/m0/s1. The van der Waals surface area contributed by atoms with Gasteiger partial charge in [0.1, 0.15) is 5.52 Å². The van der Waals surface area contributed by atoms with Crippen LogP contribution in [-0.2, 0) is 0 Å². The molecule has 1 aliphatic heterocycles. The molecule has 0 aliphatic carbocycles. The van der Waals surface area contributed by atoms with Gasteiger partial charge in [-0.2, -0.15) is 4.98 Å². The van der Waals surface area contributed by atoms with Gasteiger partial charge in [0.25, 0.3) is 0 Å². The Bertz CT molecular complexity index is 541. The molecule has 0 spiro atoms. The van der Waals surface area contributed by atoms with Crippen LogP contribution in [0.4, 0.5) is 5.82 Å². The molecule has 0 saturated carbocycles. The molecule has 3 heterocycles. The summed E-state index contributed by atoms with van der Waals surface area (Å²) in [5.74, 6) is 1.18. The van der Waals surface area contributed by atoms with Gasteiger partial charge in [0.15, 0.2) is 5.82 Å². The van der Waals surface area contributed by atoms with E-state index in [0.717, 1.165) is 30.8 Å². The van der Waals surface area contributed by atoms with Crippen LogP contribution in [0.25, 0.3) is 5.52 Å². The zero-order valence-corrected chi connectivity index (χ0v) is 10.0. The SMILES string of the molecule is OC[C@H]1CCN(c2nc(Cl)nn3cccc23)C1. The van der Waals surface area contributed by atoms with Gasteiger partial charge in [-0.3, -0.25) is 0 Å². The highest BCUT2D eigenvalue weighted by Gasteiger charge is 2.24. The van der Waals surface area contributed by atoms with Crippen molar-refractivity contribution >= 4 is 22.9 Å². The van der Waals surface area contributed by atoms with Crippen LogP contribution in [-0.4, -0.2) is 39.4 Å². The zero-order chi connectivity index (χ0) is 11.8. The molecule has 1 fully saturated rings. The van der Waals surface area contributed by atoms with E-state index in [0.29, 0.717) is 5.92 Å². The van der Waals surface area contributed by atoms with Gasteiger partial charge in [-0.15, -0.1) is 5.10 Å². The van der Waals surface area contributed by atoms with Crippen molar-refractivity contribution < 1.29 is 5.11 Å². The second-order valence-electron chi connectivity index (χ2n) is 4.33. The Morgan fingerprint density at radius 3 is 3.18 bits per heavy atom. The average Bonchev–Trinajstić information content (AvgIpc) is 2.95. The molecule has 2 aromatic heterocycles. The molecule has 0 radical (unpaired) electrons. The van der Waals surface area contributed by atoms with Gasteiger partial charge >= 0.3 is 0 Å². The Labute approximate surface area is 104 Å². The number of halogens is 1. The molecule has 0 aromatic carbocycles. The van der Waals surface area contributed by atoms with E-state index in [1.165, 1.54) is 0 Å². The Balaban J connectivity index is 2.02. The lowest BCUT2D eigenvalue weighted by atomic mass is 10.1. The monoisotopic (exact) mass is 252 g/mol. The molecule has 6 heteroatoms. The minimum atomic E-state index is 0.229. The molecule has 2 aromatic rings. The van der Waals surface area contributed by atoms with Gasteiger partial charge in [-0.25, -0.2) is 4.52 Å². The second-order valence-corrected chi connectivity index (χ2v) is 4.66. The van der Waals surface area contributed by atoms with Crippen LogP contribution >= 0.6 is 11.6 Å². The van der Waals surface area contributed by atoms with Crippen LogP contribution in [0.15, 0.2) is 18.3 Å². The fraction of sp³-hybridized carbons (Fsp3) is 0.455. The number of hydrogen-bond acceptors (Lipinski definition) is 4. The lowest BCUT2D eigenvalue weighted by Crippen LogP contribution is -2.22. The minimum absolute atomic E-state index is 0.229. The molecule has 17 heavy (non-hydrogen) atoms. The molecule has 1 N–H and O–H groups in total. The Kier molecular flexibility index (Phi) is 2.64. The molecule has 0 amide bonds. The highest BCUT2D eigenvalue weighted by molar-refractivity contribution is 6.28. The van der Waals surface area contributed by atoms with Crippen LogP contribution in [0.5, 0.6) is 0 Å². The number of aromatic nitrogens is 3. The summed E-state index contributed by atoms with van der Waals surface area (Å²) < 4.78 is 1.73. The van der Waals surface area contributed by atoms with Gasteiger partial charge in [0.05, 0.1) is 0 Å². The van der Waals surface area contributed by atoms with Crippen molar-refractivity contribution in [2.45, 2.75) is 6.42 Å². The van der Waals surface area contributed by atoms with Crippen molar-refractivity contribution in [3.8, 4) is 0 Å². The molecule has 1 aliphatic rings. The third kappa shape index (κ3) is 1.85. The number of nitrogens with zero attached hydrogens (tertiary/aromatic N) is 4. The largest absolute Gasteiger partial charge is 0.396 e. The van der Waals surface area contributed by atoms with Crippen molar-refractivity contribution in [1.82, 2.24) is 14.6 Å². The van der Waals surface area contributed by atoms with Crippen molar-refractivity contribution in [3.05, 3.63) is 23.6 Å². The molecule has 1 saturated heterocycles. The van der Waals surface area contributed by atoms with Crippen LogP contribution in [0, 0.1) is 5.92 Å². The van der Waals surface area contributed by atoms with E-state index in [4.69, 9.17) is 16.7 Å². The summed E-state index contributed by atoms with van der Waals surface area (Å²) in [5, 5.41) is 13.5. The Morgan fingerprint density at radius 2 is 2.41 bits per heavy atom. The van der Waals surface area contributed by atoms with E-state index in [1.54, 1.807) is 4.52 Å². The van der Waals surface area contributed by atoms with Crippen molar-refractivity contribution in [2.24, 2.45) is 5.92 Å². The lowest BCUT2D eigenvalue weighted by Gasteiger charge is -2.18. The zero-order valence-electron chi connectivity index (χ0n) is 9.25. The molecule has 5 nitrogen and oxygen atoms in total. The molecule has 90 valence electrons. The summed E-state index contributed by atoms with van der Waals surface area (Å²) in [5.41, 5.74) is 0.952. The van der Waals surface area contributed by atoms with Gasteiger partial charge in [0, 0.05) is 31.8 Å². The first-order valence-electron chi connectivity index (χ1n) is 5.64. The van der Waals surface area contributed by atoms with E-state index in [-0.39, 0.29) is 11.9 Å². The topological polar surface area (TPSA) is 53.7 Å². The van der Waals surface area contributed by atoms with Crippen LogP contribution in [0.2, 0.25) is 5.28 Å². The van der Waals surface area contributed by atoms with Crippen LogP contribution < -0.4 is 4.90 Å². The maximum atomic E-state index is 9.17. The average molecular weight is 253 g/mol. The second kappa shape index (κ2) is 4.16. The summed E-state index contributed by atoms with van der Waals surface area (Å²) >= 11 is 5.91. The first kappa shape index (κ1) is 10.8. The molecular weight excluding hydrogens is 240 g/mol. The molecular formula is C11H13ClN4O. The molecule has 0 bridgehead atoms. The highest BCUT2D eigenvalue weighted by Crippen LogP contribution is 2.26. The maximum Gasteiger partial charge on any atom is 0.243 e. The number of anilines is 1. The molecule has 1 atom stereocenters. The fourth-order valence-electron chi connectivity index (χ4n) is 2.30. The quantitative estimate of drug-likeness (QED) is 0.873. The van der Waals surface area contributed by atoms with E-state index < -0.39 is 0 Å². The van der Waals surface area contributed by atoms with E-state index >= 15 is 0 Å². The number of fused-ring (bicyclic) bond motifs is 1. The van der Waals surface area contributed by atoms with Gasteiger partial charge in [-0.1, -0.05) is 0 Å². The van der Waals surface area contributed by atoms with Crippen LogP contribution in [0.3, 0.4) is 0 Å². The van der Waals surface area contributed by atoms with E-state index in [1.807, 2.05) is 18.3 Å². The third-order valence-electron chi connectivity index (χ3n) is 3.19. The smallest absolute Gasteiger partial charge is 0.243 e. The predicted octanol–water partition coefficient (Wildman–Crippen LogP) is 1.20. The number of rotatable bonds is 2. The highest BCUT2D eigenvalue weighted by atomic mass is 35.5. The summed E-state index contributed by atoms with van der Waals surface area (Å²) in [6.07, 6.45) is 2.84. The normalized spacial score (nSPS) is 20.4. The van der Waals surface area contributed by atoms with Gasteiger partial charge in [0.2, 0.25) is 5.28 Å². The Morgan fingerprint density at radius 1 is 1.53 bits per heavy atom. The summed E-state index contributed by atoms with van der Waals surface area (Å²) in [6.45, 7) is 1.96.